The molecule has 2 aromatic rings. The molecule has 0 heterocycles. The van der Waals surface area contributed by atoms with Crippen molar-refractivity contribution >= 4 is 17.1 Å². The van der Waals surface area contributed by atoms with Crippen LogP contribution in [0.3, 0.4) is 0 Å². The van der Waals surface area contributed by atoms with E-state index in [0.717, 1.165) is 12.1 Å². The number of nitrogens with zero attached hydrogens (tertiary/aromatic N) is 1. The van der Waals surface area contributed by atoms with Crippen LogP contribution >= 0.6 is 0 Å². The third-order valence-corrected chi connectivity index (χ3v) is 2.36. The van der Waals surface area contributed by atoms with Crippen LogP contribution in [0.15, 0.2) is 36.4 Å². The van der Waals surface area contributed by atoms with E-state index < -0.39 is 11.6 Å². The van der Waals surface area contributed by atoms with E-state index in [-0.39, 0.29) is 11.3 Å². The van der Waals surface area contributed by atoms with Crippen molar-refractivity contribution in [2.24, 2.45) is 0 Å². The average molecular weight is 245 g/mol. The predicted octanol–water partition coefficient (Wildman–Crippen LogP) is 3.16. The number of benzene rings is 2. The normalized spacial score (nSPS) is 9.83. The molecule has 5 heteroatoms. The van der Waals surface area contributed by atoms with Crippen molar-refractivity contribution < 1.29 is 8.78 Å². The zero-order valence-corrected chi connectivity index (χ0v) is 9.24. The van der Waals surface area contributed by atoms with E-state index in [0.29, 0.717) is 11.4 Å². The van der Waals surface area contributed by atoms with Crippen molar-refractivity contribution in [1.82, 2.24) is 0 Å². The van der Waals surface area contributed by atoms with Crippen LogP contribution in [0, 0.1) is 23.0 Å². The lowest BCUT2D eigenvalue weighted by molar-refractivity contribution is 0.627. The number of hydrogen-bond donors (Lipinski definition) is 2. The van der Waals surface area contributed by atoms with Gasteiger partial charge in [-0.05, 0) is 36.4 Å². The molecule has 0 saturated carbocycles. The quantitative estimate of drug-likeness (QED) is 0.799. The minimum Gasteiger partial charge on any atom is -0.399 e. The molecule has 0 aliphatic carbocycles. The Kier molecular flexibility index (Phi) is 3.11. The monoisotopic (exact) mass is 245 g/mol. The summed E-state index contributed by atoms with van der Waals surface area (Å²) in [6.07, 6.45) is 0. The molecule has 0 saturated heterocycles. The van der Waals surface area contributed by atoms with E-state index >= 15 is 0 Å². The van der Waals surface area contributed by atoms with Gasteiger partial charge in [-0.1, -0.05) is 0 Å². The van der Waals surface area contributed by atoms with Gasteiger partial charge in [0.2, 0.25) is 0 Å². The lowest BCUT2D eigenvalue weighted by Gasteiger charge is -2.09. The first kappa shape index (κ1) is 11.9. The Bertz CT molecular complexity index is 633. The van der Waals surface area contributed by atoms with Crippen molar-refractivity contribution in [3.8, 4) is 6.07 Å². The van der Waals surface area contributed by atoms with Crippen molar-refractivity contribution in [2.45, 2.75) is 0 Å². The number of nitrogen functional groups attached to an aromatic ring is 1. The molecule has 90 valence electrons. The van der Waals surface area contributed by atoms with Crippen molar-refractivity contribution in [2.75, 3.05) is 11.1 Å². The zero-order chi connectivity index (χ0) is 13.1. The first-order valence-corrected chi connectivity index (χ1v) is 5.12. The highest BCUT2D eigenvalue weighted by Crippen LogP contribution is 2.24. The van der Waals surface area contributed by atoms with Crippen LogP contribution in [0.2, 0.25) is 0 Å². The topological polar surface area (TPSA) is 61.8 Å². The summed E-state index contributed by atoms with van der Waals surface area (Å²) in [7, 11) is 0. The fourth-order valence-corrected chi connectivity index (χ4v) is 1.50. The molecule has 0 bridgehead atoms. The van der Waals surface area contributed by atoms with Gasteiger partial charge in [-0.2, -0.15) is 5.26 Å². The highest BCUT2D eigenvalue weighted by atomic mass is 19.1. The maximum absolute atomic E-state index is 13.6. The number of halogens is 2. The van der Waals surface area contributed by atoms with Crippen LogP contribution in [0.4, 0.5) is 25.8 Å². The van der Waals surface area contributed by atoms with Gasteiger partial charge in [0.05, 0.1) is 16.9 Å². The van der Waals surface area contributed by atoms with Crippen LogP contribution in [0.25, 0.3) is 0 Å². The minimum absolute atomic E-state index is 0.103. The van der Waals surface area contributed by atoms with Gasteiger partial charge in [0, 0.05) is 5.69 Å². The van der Waals surface area contributed by atoms with Crippen LogP contribution in [-0.2, 0) is 0 Å². The van der Waals surface area contributed by atoms with E-state index in [1.54, 1.807) is 0 Å². The maximum atomic E-state index is 13.6. The molecule has 0 spiro atoms. The van der Waals surface area contributed by atoms with Crippen molar-refractivity contribution in [3.05, 3.63) is 53.6 Å². The molecule has 0 unspecified atom stereocenters. The summed E-state index contributed by atoms with van der Waals surface area (Å²) in [6.45, 7) is 0. The van der Waals surface area contributed by atoms with Crippen LogP contribution in [-0.4, -0.2) is 0 Å². The lowest BCUT2D eigenvalue weighted by Crippen LogP contribution is -1.98. The third kappa shape index (κ3) is 2.38. The maximum Gasteiger partial charge on any atom is 0.148 e. The standard InChI is InChI=1S/C13H9F2N3/c14-9-1-3-12(8(5-9)7-16)18-13-4-2-10(17)6-11(13)15/h1-6,18H,17H2. The molecular weight excluding hydrogens is 236 g/mol. The van der Waals surface area contributed by atoms with E-state index in [9.17, 15) is 8.78 Å². The highest BCUT2D eigenvalue weighted by molar-refractivity contribution is 5.68. The van der Waals surface area contributed by atoms with Crippen molar-refractivity contribution in [1.29, 1.82) is 5.26 Å². The number of hydrogen-bond acceptors (Lipinski definition) is 3. The van der Waals surface area contributed by atoms with Gasteiger partial charge in [0.1, 0.15) is 17.7 Å². The minimum atomic E-state index is -0.539. The number of nitrogens with two attached hydrogens (primary N) is 1. The second kappa shape index (κ2) is 4.72. The molecule has 18 heavy (non-hydrogen) atoms. The SMILES string of the molecule is N#Cc1cc(F)ccc1Nc1ccc(N)cc1F. The van der Waals surface area contributed by atoms with Gasteiger partial charge in [-0.25, -0.2) is 8.78 Å². The summed E-state index contributed by atoms with van der Waals surface area (Å²) in [6, 6.07) is 9.64. The molecule has 0 aromatic heterocycles. The fraction of sp³-hybridized carbons (Fsp3) is 0. The Morgan fingerprint density at radius 3 is 2.44 bits per heavy atom. The molecule has 0 amide bonds. The largest absolute Gasteiger partial charge is 0.399 e. The molecule has 0 fully saturated rings. The van der Waals surface area contributed by atoms with Gasteiger partial charge >= 0.3 is 0 Å². The zero-order valence-electron chi connectivity index (χ0n) is 9.24. The molecule has 3 N–H and O–H groups in total. The summed E-state index contributed by atoms with van der Waals surface area (Å²) >= 11 is 0. The number of nitrogens with one attached hydrogen (secondary N) is 1. The van der Waals surface area contributed by atoms with Gasteiger partial charge in [-0.3, -0.25) is 0 Å². The van der Waals surface area contributed by atoms with Gasteiger partial charge in [-0.15, -0.1) is 0 Å². The smallest absolute Gasteiger partial charge is 0.148 e. The number of rotatable bonds is 2. The lowest BCUT2D eigenvalue weighted by atomic mass is 10.1. The Balaban J connectivity index is 2.37. The highest BCUT2D eigenvalue weighted by Gasteiger charge is 2.07. The molecule has 2 aromatic carbocycles. The van der Waals surface area contributed by atoms with Crippen LogP contribution in [0.1, 0.15) is 5.56 Å². The number of nitriles is 1. The van der Waals surface area contributed by atoms with Gasteiger partial charge in [0.25, 0.3) is 0 Å². The summed E-state index contributed by atoms with van der Waals surface area (Å²) in [5.41, 5.74) is 6.34. The van der Waals surface area contributed by atoms with Crippen LogP contribution < -0.4 is 11.1 Å². The van der Waals surface area contributed by atoms with E-state index in [1.165, 1.54) is 24.3 Å². The Morgan fingerprint density at radius 2 is 1.78 bits per heavy atom. The number of anilines is 3. The molecule has 0 aliphatic rings. The Morgan fingerprint density at radius 1 is 1.06 bits per heavy atom. The first-order chi connectivity index (χ1) is 8.60. The molecule has 0 atom stereocenters. The molecule has 0 radical (unpaired) electrons. The predicted molar refractivity (Wildman–Crippen MR) is 65.2 cm³/mol. The van der Waals surface area contributed by atoms with Crippen LogP contribution in [0.5, 0.6) is 0 Å². The average Bonchev–Trinajstić information content (AvgIpc) is 2.34. The molecule has 3 nitrogen and oxygen atoms in total. The first-order valence-electron chi connectivity index (χ1n) is 5.12. The summed E-state index contributed by atoms with van der Waals surface area (Å²) in [4.78, 5) is 0. The molecular formula is C13H9F2N3. The molecule has 2 rings (SSSR count). The summed E-state index contributed by atoms with van der Waals surface area (Å²) in [5, 5.41) is 11.6. The Labute approximate surface area is 102 Å². The Hall–Kier alpha value is -2.61. The van der Waals surface area contributed by atoms with E-state index in [4.69, 9.17) is 11.0 Å². The third-order valence-electron chi connectivity index (χ3n) is 2.36. The van der Waals surface area contributed by atoms with Gasteiger partial charge in [0.15, 0.2) is 0 Å². The van der Waals surface area contributed by atoms with Gasteiger partial charge < -0.3 is 11.1 Å². The van der Waals surface area contributed by atoms with E-state index in [2.05, 4.69) is 5.32 Å². The van der Waals surface area contributed by atoms with Crippen molar-refractivity contribution in [3.63, 3.8) is 0 Å². The van der Waals surface area contributed by atoms with E-state index in [1.807, 2.05) is 6.07 Å². The summed E-state index contributed by atoms with van der Waals surface area (Å²) in [5.74, 6) is -1.06. The second-order valence-electron chi connectivity index (χ2n) is 3.67. The summed E-state index contributed by atoms with van der Waals surface area (Å²) < 4.78 is 26.5. The fourth-order valence-electron chi connectivity index (χ4n) is 1.50. The molecule has 0 aliphatic heterocycles. The second-order valence-corrected chi connectivity index (χ2v) is 3.67.